The first kappa shape index (κ1) is 16.6. The molecule has 0 saturated heterocycles. The van der Waals surface area contributed by atoms with Crippen LogP contribution in [0.15, 0.2) is 42.5 Å². The highest BCUT2D eigenvalue weighted by Crippen LogP contribution is 2.29. The van der Waals surface area contributed by atoms with E-state index in [9.17, 15) is 9.18 Å². The highest BCUT2D eigenvalue weighted by molar-refractivity contribution is 7.17. The van der Waals surface area contributed by atoms with Crippen molar-refractivity contribution in [1.82, 2.24) is 4.98 Å². The van der Waals surface area contributed by atoms with Crippen molar-refractivity contribution in [2.24, 2.45) is 0 Å². The van der Waals surface area contributed by atoms with Crippen LogP contribution >= 0.6 is 22.9 Å². The highest BCUT2D eigenvalue weighted by atomic mass is 35.5. The van der Waals surface area contributed by atoms with Gasteiger partial charge < -0.3 is 5.32 Å². The molecule has 1 heterocycles. The van der Waals surface area contributed by atoms with E-state index >= 15 is 0 Å². The maximum Gasteiger partial charge on any atom is 0.267 e. The van der Waals surface area contributed by atoms with Gasteiger partial charge >= 0.3 is 0 Å². The summed E-state index contributed by atoms with van der Waals surface area (Å²) in [5.74, 6) is -0.537. The number of anilines is 1. The van der Waals surface area contributed by atoms with Gasteiger partial charge in [-0.2, -0.15) is 0 Å². The lowest BCUT2D eigenvalue weighted by molar-refractivity contribution is 0.102. The summed E-state index contributed by atoms with van der Waals surface area (Å²) in [4.78, 5) is 17.5. The Morgan fingerprint density at radius 2 is 1.88 bits per heavy atom. The van der Waals surface area contributed by atoms with E-state index in [1.165, 1.54) is 23.5 Å². The van der Waals surface area contributed by atoms with Gasteiger partial charge in [0.05, 0.1) is 5.69 Å². The molecule has 0 unspecified atom stereocenters. The Kier molecular flexibility index (Phi) is 4.64. The maximum absolute atomic E-state index is 13.0. The predicted molar refractivity (Wildman–Crippen MR) is 96.4 cm³/mol. The molecule has 0 aliphatic carbocycles. The van der Waals surface area contributed by atoms with Crippen molar-refractivity contribution >= 4 is 34.5 Å². The van der Waals surface area contributed by atoms with Crippen molar-refractivity contribution in [3.05, 3.63) is 69.4 Å². The molecule has 1 aromatic heterocycles. The lowest BCUT2D eigenvalue weighted by atomic mass is 10.2. The van der Waals surface area contributed by atoms with Gasteiger partial charge in [-0.3, -0.25) is 4.79 Å². The van der Waals surface area contributed by atoms with Crippen LogP contribution in [-0.2, 0) is 0 Å². The molecule has 0 bridgehead atoms. The van der Waals surface area contributed by atoms with Crippen LogP contribution in [0.4, 0.5) is 10.1 Å². The second-order valence-electron chi connectivity index (χ2n) is 5.35. The number of carbonyl (C=O) groups is 1. The van der Waals surface area contributed by atoms with Crippen molar-refractivity contribution in [2.45, 2.75) is 13.8 Å². The van der Waals surface area contributed by atoms with Gasteiger partial charge in [0.15, 0.2) is 0 Å². The molecule has 0 radical (unpaired) electrons. The lowest BCUT2D eigenvalue weighted by Gasteiger charge is -2.08. The fourth-order valence-corrected chi connectivity index (χ4v) is 3.37. The van der Waals surface area contributed by atoms with Gasteiger partial charge in [0.1, 0.15) is 15.7 Å². The van der Waals surface area contributed by atoms with Crippen LogP contribution in [0.3, 0.4) is 0 Å². The molecule has 6 heteroatoms. The van der Waals surface area contributed by atoms with E-state index in [1.54, 1.807) is 31.2 Å². The summed E-state index contributed by atoms with van der Waals surface area (Å²) < 4.78 is 13.0. The predicted octanol–water partition coefficient (Wildman–Crippen LogP) is 5.47. The van der Waals surface area contributed by atoms with Gasteiger partial charge in [0.2, 0.25) is 0 Å². The largest absolute Gasteiger partial charge is 0.321 e. The normalized spacial score (nSPS) is 10.7. The van der Waals surface area contributed by atoms with Crippen LogP contribution < -0.4 is 5.32 Å². The third-order valence-corrected chi connectivity index (χ3v) is 4.98. The summed E-state index contributed by atoms with van der Waals surface area (Å²) in [6.45, 7) is 3.68. The number of carbonyl (C=O) groups excluding carboxylic acids is 1. The zero-order valence-electron chi connectivity index (χ0n) is 13.1. The van der Waals surface area contributed by atoms with E-state index < -0.39 is 0 Å². The van der Waals surface area contributed by atoms with E-state index in [0.29, 0.717) is 26.3 Å². The minimum atomic E-state index is -0.304. The summed E-state index contributed by atoms with van der Waals surface area (Å²) in [5, 5.41) is 4.11. The number of rotatable bonds is 3. The first-order chi connectivity index (χ1) is 11.4. The van der Waals surface area contributed by atoms with Gasteiger partial charge in [-0.05, 0) is 55.8 Å². The summed E-state index contributed by atoms with van der Waals surface area (Å²) in [6, 6.07) is 11.4. The van der Waals surface area contributed by atoms with Gasteiger partial charge in [0, 0.05) is 16.3 Å². The molecule has 3 nitrogen and oxygen atoms in total. The summed E-state index contributed by atoms with van der Waals surface area (Å²) in [5.41, 5.74) is 3.01. The molecular formula is C18H14ClFN2OS. The van der Waals surface area contributed by atoms with Crippen LogP contribution in [0.5, 0.6) is 0 Å². The quantitative estimate of drug-likeness (QED) is 0.672. The Hall–Kier alpha value is -2.24. The SMILES string of the molecule is Cc1ccc(Cl)cc1NC(=O)c1sc(-c2ccc(F)cc2)nc1C. The Morgan fingerprint density at radius 1 is 1.17 bits per heavy atom. The third-order valence-electron chi connectivity index (χ3n) is 3.54. The molecule has 0 fully saturated rings. The average Bonchev–Trinajstić information content (AvgIpc) is 2.93. The molecular weight excluding hydrogens is 347 g/mol. The van der Waals surface area contributed by atoms with Crippen LogP contribution in [0.25, 0.3) is 10.6 Å². The van der Waals surface area contributed by atoms with Gasteiger partial charge in [0.25, 0.3) is 5.91 Å². The minimum Gasteiger partial charge on any atom is -0.321 e. The minimum absolute atomic E-state index is 0.233. The Morgan fingerprint density at radius 3 is 2.58 bits per heavy atom. The zero-order valence-corrected chi connectivity index (χ0v) is 14.6. The summed E-state index contributed by atoms with van der Waals surface area (Å²) in [6.07, 6.45) is 0. The number of hydrogen-bond acceptors (Lipinski definition) is 3. The summed E-state index contributed by atoms with van der Waals surface area (Å²) in [7, 11) is 0. The molecule has 2 aromatic carbocycles. The standard InChI is InChI=1S/C18H14ClFN2OS/c1-10-3-6-13(19)9-15(10)22-17(23)16-11(2)21-18(24-16)12-4-7-14(20)8-5-12/h3-9H,1-2H3,(H,22,23). The first-order valence-electron chi connectivity index (χ1n) is 7.25. The van der Waals surface area contributed by atoms with Crippen molar-refractivity contribution in [3.8, 4) is 10.6 Å². The van der Waals surface area contributed by atoms with Gasteiger partial charge in [-0.1, -0.05) is 17.7 Å². The number of hydrogen-bond donors (Lipinski definition) is 1. The number of nitrogens with zero attached hydrogens (tertiary/aromatic N) is 1. The van der Waals surface area contributed by atoms with E-state index in [2.05, 4.69) is 10.3 Å². The smallest absolute Gasteiger partial charge is 0.267 e. The second kappa shape index (κ2) is 6.71. The van der Waals surface area contributed by atoms with Crippen molar-refractivity contribution in [3.63, 3.8) is 0 Å². The Balaban J connectivity index is 1.88. The molecule has 1 amide bonds. The second-order valence-corrected chi connectivity index (χ2v) is 6.79. The number of aryl methyl sites for hydroxylation is 2. The van der Waals surface area contributed by atoms with Crippen molar-refractivity contribution in [1.29, 1.82) is 0 Å². The molecule has 0 atom stereocenters. The number of thiazole rings is 1. The molecule has 24 heavy (non-hydrogen) atoms. The van der Waals surface area contributed by atoms with E-state index in [-0.39, 0.29) is 11.7 Å². The molecule has 122 valence electrons. The molecule has 0 spiro atoms. The van der Waals surface area contributed by atoms with E-state index in [1.807, 2.05) is 13.0 Å². The van der Waals surface area contributed by atoms with Crippen LogP contribution in [0.1, 0.15) is 20.9 Å². The van der Waals surface area contributed by atoms with Crippen molar-refractivity contribution < 1.29 is 9.18 Å². The topological polar surface area (TPSA) is 42.0 Å². The molecule has 1 N–H and O–H groups in total. The van der Waals surface area contributed by atoms with Crippen LogP contribution in [0.2, 0.25) is 5.02 Å². The van der Waals surface area contributed by atoms with Crippen LogP contribution in [-0.4, -0.2) is 10.9 Å². The Bertz CT molecular complexity index is 906. The number of amides is 1. The number of benzene rings is 2. The Labute approximate surface area is 148 Å². The third kappa shape index (κ3) is 3.47. The summed E-state index contributed by atoms with van der Waals surface area (Å²) >= 11 is 7.26. The molecule has 0 saturated carbocycles. The molecule has 3 rings (SSSR count). The average molecular weight is 361 g/mol. The number of aromatic nitrogens is 1. The fraction of sp³-hybridized carbons (Fsp3) is 0.111. The molecule has 0 aliphatic rings. The lowest BCUT2D eigenvalue weighted by Crippen LogP contribution is -2.12. The van der Waals surface area contributed by atoms with Crippen LogP contribution in [0, 0.1) is 19.7 Å². The highest BCUT2D eigenvalue weighted by Gasteiger charge is 2.17. The maximum atomic E-state index is 13.0. The molecule has 3 aromatic rings. The van der Waals surface area contributed by atoms with E-state index in [4.69, 9.17) is 11.6 Å². The van der Waals surface area contributed by atoms with E-state index in [0.717, 1.165) is 11.1 Å². The first-order valence-corrected chi connectivity index (χ1v) is 8.44. The molecule has 0 aliphatic heterocycles. The van der Waals surface area contributed by atoms with Gasteiger partial charge in [-0.25, -0.2) is 9.37 Å². The van der Waals surface area contributed by atoms with Gasteiger partial charge in [-0.15, -0.1) is 11.3 Å². The fourth-order valence-electron chi connectivity index (χ4n) is 2.23. The number of nitrogens with one attached hydrogen (secondary N) is 1. The zero-order chi connectivity index (χ0) is 17.3. The number of halogens is 2. The van der Waals surface area contributed by atoms with Crippen molar-refractivity contribution in [2.75, 3.05) is 5.32 Å². The monoisotopic (exact) mass is 360 g/mol.